The second-order valence-electron chi connectivity index (χ2n) is 3.28. The van der Waals surface area contributed by atoms with Crippen molar-refractivity contribution >= 4 is 11.5 Å². The second kappa shape index (κ2) is 4.86. The molecule has 92 valence electrons. The van der Waals surface area contributed by atoms with E-state index in [0.717, 1.165) is 6.07 Å². The lowest BCUT2D eigenvalue weighted by molar-refractivity contribution is -0.387. The van der Waals surface area contributed by atoms with Gasteiger partial charge in [-0.1, -0.05) is 0 Å². The first kappa shape index (κ1) is 13.0. The Labute approximate surface area is 95.2 Å². The summed E-state index contributed by atoms with van der Waals surface area (Å²) in [5.41, 5.74) is -0.489. The molecule has 1 aromatic carbocycles. The Balaban J connectivity index is 3.39. The summed E-state index contributed by atoms with van der Waals surface area (Å²) in [6.07, 6.45) is 0. The van der Waals surface area contributed by atoms with Crippen LogP contribution in [0.2, 0.25) is 0 Å². The van der Waals surface area contributed by atoms with Gasteiger partial charge in [0.1, 0.15) is 0 Å². The van der Waals surface area contributed by atoms with Crippen LogP contribution in [0.15, 0.2) is 12.1 Å². The van der Waals surface area contributed by atoms with Crippen molar-refractivity contribution in [1.29, 1.82) is 0 Å². The minimum atomic E-state index is -3.16. The molecule has 7 heteroatoms. The molecule has 0 N–H and O–H groups in total. The van der Waals surface area contributed by atoms with Crippen molar-refractivity contribution in [2.24, 2.45) is 0 Å². The number of nitro benzene ring substituents is 1. The summed E-state index contributed by atoms with van der Waals surface area (Å²) in [7, 11) is 0. The monoisotopic (exact) mass is 245 g/mol. The molecule has 0 saturated heterocycles. The Morgan fingerprint density at radius 2 is 2.06 bits per heavy atom. The molecule has 0 radical (unpaired) electrons. The molecule has 0 aromatic heterocycles. The van der Waals surface area contributed by atoms with Crippen LogP contribution in [-0.4, -0.2) is 17.3 Å². The molecule has 0 heterocycles. The third-order valence-corrected chi connectivity index (χ3v) is 2.17. The van der Waals surface area contributed by atoms with E-state index in [1.807, 2.05) is 0 Å². The lowest BCUT2D eigenvalue weighted by Crippen LogP contribution is -2.07. The summed E-state index contributed by atoms with van der Waals surface area (Å²) >= 11 is 0. The number of Topliss-reactive ketones (excluding diaryl/α,β-unsaturated/α-hetero) is 1. The van der Waals surface area contributed by atoms with E-state index in [-0.39, 0.29) is 16.9 Å². The van der Waals surface area contributed by atoms with Gasteiger partial charge in [-0.15, -0.1) is 0 Å². The van der Waals surface area contributed by atoms with E-state index in [2.05, 4.69) is 4.74 Å². The summed E-state index contributed by atoms with van der Waals surface area (Å²) in [6.45, 7) is -0.608. The average molecular weight is 245 g/mol. The molecular formula is C10H9F2NO4. The predicted octanol–water partition coefficient (Wildman–Crippen LogP) is 2.71. The first-order valence-corrected chi connectivity index (χ1v) is 4.58. The SMILES string of the molecule is CC(=O)c1ccc(OC(F)F)c([N+](=O)[O-])c1C. The number of nitrogens with zero attached hydrogens (tertiary/aromatic N) is 1. The van der Waals surface area contributed by atoms with E-state index in [4.69, 9.17) is 0 Å². The van der Waals surface area contributed by atoms with Crippen LogP contribution in [0.5, 0.6) is 5.75 Å². The van der Waals surface area contributed by atoms with Crippen LogP contribution in [-0.2, 0) is 0 Å². The van der Waals surface area contributed by atoms with Gasteiger partial charge in [0, 0.05) is 11.1 Å². The van der Waals surface area contributed by atoms with Crippen molar-refractivity contribution in [2.45, 2.75) is 20.5 Å². The molecular weight excluding hydrogens is 236 g/mol. The highest BCUT2D eigenvalue weighted by Gasteiger charge is 2.24. The van der Waals surface area contributed by atoms with Gasteiger partial charge in [0.05, 0.1) is 4.92 Å². The maximum absolute atomic E-state index is 12.0. The minimum absolute atomic E-state index is 0.0145. The molecule has 0 amide bonds. The molecule has 0 aliphatic carbocycles. The second-order valence-corrected chi connectivity index (χ2v) is 3.28. The number of halogens is 2. The summed E-state index contributed by atoms with van der Waals surface area (Å²) in [5, 5.41) is 10.8. The van der Waals surface area contributed by atoms with E-state index < -0.39 is 23.0 Å². The molecule has 0 fully saturated rings. The van der Waals surface area contributed by atoms with Crippen LogP contribution >= 0.6 is 0 Å². The van der Waals surface area contributed by atoms with Gasteiger partial charge in [0.15, 0.2) is 5.78 Å². The summed E-state index contributed by atoms with van der Waals surface area (Å²) in [6, 6.07) is 2.22. The highest BCUT2D eigenvalue weighted by molar-refractivity contribution is 5.96. The first-order chi connectivity index (χ1) is 7.84. The molecule has 0 spiro atoms. The van der Waals surface area contributed by atoms with Crippen molar-refractivity contribution in [3.05, 3.63) is 33.4 Å². The standard InChI is InChI=1S/C10H9F2NO4/c1-5-7(6(2)14)3-4-8(17-10(11)12)9(5)13(15)16/h3-4,10H,1-2H3. The van der Waals surface area contributed by atoms with E-state index in [9.17, 15) is 23.7 Å². The van der Waals surface area contributed by atoms with Gasteiger partial charge >= 0.3 is 12.3 Å². The highest BCUT2D eigenvalue weighted by Crippen LogP contribution is 2.33. The maximum atomic E-state index is 12.0. The summed E-state index contributed by atoms with van der Waals surface area (Å²) in [5.74, 6) is -0.929. The third kappa shape index (κ3) is 2.74. The number of rotatable bonds is 4. The fourth-order valence-corrected chi connectivity index (χ4v) is 1.47. The molecule has 0 saturated carbocycles. The molecule has 1 rings (SSSR count). The predicted molar refractivity (Wildman–Crippen MR) is 54.5 cm³/mol. The summed E-state index contributed by atoms with van der Waals surface area (Å²) in [4.78, 5) is 21.1. The number of ketones is 1. The number of hydrogen-bond acceptors (Lipinski definition) is 4. The van der Waals surface area contributed by atoms with E-state index >= 15 is 0 Å². The zero-order valence-corrected chi connectivity index (χ0v) is 9.07. The van der Waals surface area contributed by atoms with Crippen LogP contribution in [0.3, 0.4) is 0 Å². The third-order valence-electron chi connectivity index (χ3n) is 2.17. The molecule has 1 aromatic rings. The Morgan fingerprint density at radius 1 is 1.47 bits per heavy atom. The van der Waals surface area contributed by atoms with Gasteiger partial charge in [-0.05, 0) is 26.0 Å². The smallest absolute Gasteiger partial charge is 0.387 e. The van der Waals surface area contributed by atoms with Crippen LogP contribution in [0.25, 0.3) is 0 Å². The number of benzene rings is 1. The number of ether oxygens (including phenoxy) is 1. The van der Waals surface area contributed by atoms with E-state index in [1.165, 1.54) is 19.9 Å². The van der Waals surface area contributed by atoms with Crippen molar-refractivity contribution in [2.75, 3.05) is 0 Å². The van der Waals surface area contributed by atoms with Gasteiger partial charge < -0.3 is 4.74 Å². The van der Waals surface area contributed by atoms with Crippen molar-refractivity contribution in [1.82, 2.24) is 0 Å². The van der Waals surface area contributed by atoms with Gasteiger partial charge in [-0.3, -0.25) is 14.9 Å². The Hall–Kier alpha value is -2.05. The maximum Gasteiger partial charge on any atom is 0.387 e. The Kier molecular flexibility index (Phi) is 3.72. The number of alkyl halides is 2. The molecule has 5 nitrogen and oxygen atoms in total. The highest BCUT2D eigenvalue weighted by atomic mass is 19.3. The van der Waals surface area contributed by atoms with Gasteiger partial charge in [0.25, 0.3) is 0 Å². The largest absolute Gasteiger partial charge is 0.427 e. The molecule has 0 bridgehead atoms. The summed E-state index contributed by atoms with van der Waals surface area (Å²) < 4.78 is 28.1. The molecule has 0 unspecified atom stereocenters. The lowest BCUT2D eigenvalue weighted by Gasteiger charge is -2.09. The molecule has 0 aliphatic rings. The first-order valence-electron chi connectivity index (χ1n) is 4.58. The number of carbonyl (C=O) groups excluding carboxylic acids is 1. The van der Waals surface area contributed by atoms with E-state index in [1.54, 1.807) is 0 Å². The van der Waals surface area contributed by atoms with Crippen LogP contribution < -0.4 is 4.74 Å². The van der Waals surface area contributed by atoms with Crippen molar-refractivity contribution in [3.63, 3.8) is 0 Å². The van der Waals surface area contributed by atoms with Gasteiger partial charge in [-0.2, -0.15) is 8.78 Å². The fourth-order valence-electron chi connectivity index (χ4n) is 1.47. The number of hydrogen-bond donors (Lipinski definition) is 0. The normalized spacial score (nSPS) is 10.4. The van der Waals surface area contributed by atoms with Gasteiger partial charge in [-0.25, -0.2) is 0 Å². The van der Waals surface area contributed by atoms with Crippen LogP contribution in [0, 0.1) is 17.0 Å². The molecule has 17 heavy (non-hydrogen) atoms. The van der Waals surface area contributed by atoms with Gasteiger partial charge in [0.2, 0.25) is 5.75 Å². The lowest BCUT2D eigenvalue weighted by atomic mass is 10.0. The van der Waals surface area contributed by atoms with Crippen LogP contribution in [0.1, 0.15) is 22.8 Å². The number of carbonyl (C=O) groups is 1. The molecule has 0 aliphatic heterocycles. The quantitative estimate of drug-likeness (QED) is 0.464. The topological polar surface area (TPSA) is 69.4 Å². The van der Waals surface area contributed by atoms with E-state index in [0.29, 0.717) is 0 Å². The minimum Gasteiger partial charge on any atom is -0.427 e. The Morgan fingerprint density at radius 3 is 2.47 bits per heavy atom. The zero-order valence-electron chi connectivity index (χ0n) is 9.07. The van der Waals surface area contributed by atoms with Crippen LogP contribution in [0.4, 0.5) is 14.5 Å². The number of nitro groups is 1. The zero-order chi connectivity index (χ0) is 13.2. The molecule has 0 atom stereocenters. The van der Waals surface area contributed by atoms with Crippen molar-refractivity contribution < 1.29 is 23.2 Å². The average Bonchev–Trinajstić information content (AvgIpc) is 2.15. The van der Waals surface area contributed by atoms with Crippen molar-refractivity contribution in [3.8, 4) is 5.75 Å². The fraction of sp³-hybridized carbons (Fsp3) is 0.300. The Bertz CT molecular complexity index is 474.